The number of nitrogens with zero attached hydrogens (tertiary/aromatic N) is 4. The summed E-state index contributed by atoms with van der Waals surface area (Å²) >= 11 is 7.47. The van der Waals surface area contributed by atoms with Gasteiger partial charge in [0, 0.05) is 31.1 Å². The molecule has 0 saturated carbocycles. The van der Waals surface area contributed by atoms with Gasteiger partial charge in [-0.1, -0.05) is 35.5 Å². The quantitative estimate of drug-likeness (QED) is 0.805. The van der Waals surface area contributed by atoms with Crippen LogP contribution in [0.3, 0.4) is 0 Å². The first-order chi connectivity index (χ1) is 10.6. The van der Waals surface area contributed by atoms with Crippen molar-refractivity contribution < 1.29 is 4.79 Å². The van der Waals surface area contributed by atoms with Crippen LogP contribution in [0.4, 0.5) is 0 Å². The molecule has 1 fully saturated rings. The summed E-state index contributed by atoms with van der Waals surface area (Å²) in [6.07, 6.45) is 2.62. The Morgan fingerprint density at radius 2 is 2.36 bits per heavy atom. The molecule has 5 nitrogen and oxygen atoms in total. The molecule has 0 aliphatic carbocycles. The highest BCUT2D eigenvalue weighted by Gasteiger charge is 2.27. The van der Waals surface area contributed by atoms with Crippen molar-refractivity contribution in [2.24, 2.45) is 7.05 Å². The van der Waals surface area contributed by atoms with Crippen molar-refractivity contribution in [3.63, 3.8) is 0 Å². The molecule has 1 amide bonds. The van der Waals surface area contributed by atoms with Gasteiger partial charge in [-0.25, -0.2) is 0 Å². The molecule has 2 heterocycles. The zero-order valence-corrected chi connectivity index (χ0v) is 13.8. The SMILES string of the molecule is Cn1cnnc1SCC(=O)N1CC[C@H](c2cccc(Cl)c2)C1. The van der Waals surface area contributed by atoms with E-state index >= 15 is 0 Å². The Morgan fingerprint density at radius 3 is 3.09 bits per heavy atom. The summed E-state index contributed by atoms with van der Waals surface area (Å²) in [7, 11) is 1.87. The smallest absolute Gasteiger partial charge is 0.233 e. The van der Waals surface area contributed by atoms with Crippen molar-refractivity contribution in [2.75, 3.05) is 18.8 Å². The molecule has 1 saturated heterocycles. The van der Waals surface area contributed by atoms with Crippen LogP contribution in [0.15, 0.2) is 35.7 Å². The van der Waals surface area contributed by atoms with Gasteiger partial charge in [-0.15, -0.1) is 10.2 Å². The summed E-state index contributed by atoms with van der Waals surface area (Å²) < 4.78 is 1.82. The van der Waals surface area contributed by atoms with E-state index < -0.39 is 0 Å². The van der Waals surface area contributed by atoms with Crippen molar-refractivity contribution >= 4 is 29.3 Å². The Kier molecular flexibility index (Phi) is 4.69. The van der Waals surface area contributed by atoms with Gasteiger partial charge in [0.2, 0.25) is 5.91 Å². The molecule has 0 N–H and O–H groups in total. The van der Waals surface area contributed by atoms with Crippen LogP contribution in [0.5, 0.6) is 0 Å². The lowest BCUT2D eigenvalue weighted by Crippen LogP contribution is -2.30. The number of halogens is 1. The number of rotatable bonds is 4. The maximum Gasteiger partial charge on any atom is 0.233 e. The van der Waals surface area contributed by atoms with E-state index in [9.17, 15) is 4.79 Å². The first kappa shape index (κ1) is 15.4. The van der Waals surface area contributed by atoms with Gasteiger partial charge in [-0.3, -0.25) is 4.79 Å². The van der Waals surface area contributed by atoms with Crippen molar-refractivity contribution in [3.05, 3.63) is 41.2 Å². The van der Waals surface area contributed by atoms with E-state index in [2.05, 4.69) is 16.3 Å². The predicted octanol–water partition coefficient (Wildman–Crippen LogP) is 2.58. The molecule has 1 atom stereocenters. The highest BCUT2D eigenvalue weighted by molar-refractivity contribution is 7.99. The summed E-state index contributed by atoms with van der Waals surface area (Å²) in [5.74, 6) is 0.925. The third-order valence-corrected chi connectivity index (χ3v) is 5.11. The van der Waals surface area contributed by atoms with Crippen LogP contribution < -0.4 is 0 Å². The zero-order chi connectivity index (χ0) is 15.5. The zero-order valence-electron chi connectivity index (χ0n) is 12.3. The van der Waals surface area contributed by atoms with E-state index in [4.69, 9.17) is 11.6 Å². The van der Waals surface area contributed by atoms with Crippen molar-refractivity contribution in [1.82, 2.24) is 19.7 Å². The van der Waals surface area contributed by atoms with E-state index in [0.29, 0.717) is 11.7 Å². The van der Waals surface area contributed by atoms with Crippen LogP contribution in [0.25, 0.3) is 0 Å². The fourth-order valence-electron chi connectivity index (χ4n) is 2.64. The number of aromatic nitrogens is 3. The van der Waals surface area contributed by atoms with Gasteiger partial charge in [0.15, 0.2) is 5.16 Å². The van der Waals surface area contributed by atoms with Crippen molar-refractivity contribution in [1.29, 1.82) is 0 Å². The number of thioether (sulfide) groups is 1. The lowest BCUT2D eigenvalue weighted by atomic mass is 9.99. The molecule has 1 aromatic heterocycles. The summed E-state index contributed by atoms with van der Waals surface area (Å²) in [6.45, 7) is 1.56. The van der Waals surface area contributed by atoms with E-state index in [0.717, 1.165) is 29.7 Å². The molecule has 1 aliphatic heterocycles. The van der Waals surface area contributed by atoms with E-state index in [-0.39, 0.29) is 5.91 Å². The fraction of sp³-hybridized carbons (Fsp3) is 0.400. The van der Waals surface area contributed by atoms with Gasteiger partial charge in [0.25, 0.3) is 0 Å². The van der Waals surface area contributed by atoms with Crippen LogP contribution in [-0.4, -0.2) is 44.4 Å². The van der Waals surface area contributed by atoms with Crippen LogP contribution >= 0.6 is 23.4 Å². The number of aryl methyl sites for hydroxylation is 1. The second-order valence-electron chi connectivity index (χ2n) is 5.39. The van der Waals surface area contributed by atoms with Gasteiger partial charge in [-0.05, 0) is 24.1 Å². The molecule has 0 radical (unpaired) electrons. The minimum Gasteiger partial charge on any atom is -0.341 e. The summed E-state index contributed by atoms with van der Waals surface area (Å²) in [5, 5.41) is 9.30. The lowest BCUT2D eigenvalue weighted by Gasteiger charge is -2.16. The molecule has 0 bridgehead atoms. The molecule has 7 heteroatoms. The molecular formula is C15H17ClN4OS. The molecule has 22 heavy (non-hydrogen) atoms. The third kappa shape index (κ3) is 3.44. The Balaban J connectivity index is 1.56. The van der Waals surface area contributed by atoms with E-state index in [1.54, 1.807) is 6.33 Å². The summed E-state index contributed by atoms with van der Waals surface area (Å²) in [6, 6.07) is 7.92. The first-order valence-corrected chi connectivity index (χ1v) is 8.50. The van der Waals surface area contributed by atoms with E-state index in [1.165, 1.54) is 17.3 Å². The predicted molar refractivity (Wildman–Crippen MR) is 87.1 cm³/mol. The molecule has 1 aliphatic rings. The van der Waals surface area contributed by atoms with E-state index in [1.807, 2.05) is 34.7 Å². The Bertz CT molecular complexity index is 675. The highest BCUT2D eigenvalue weighted by Crippen LogP contribution is 2.29. The van der Waals surface area contributed by atoms with Gasteiger partial charge < -0.3 is 9.47 Å². The number of carbonyl (C=O) groups excluding carboxylic acids is 1. The van der Waals surface area contributed by atoms with Crippen molar-refractivity contribution in [3.8, 4) is 0 Å². The standard InChI is InChI=1S/C15H17ClN4OS/c1-19-10-17-18-15(19)22-9-14(21)20-6-5-12(8-20)11-3-2-4-13(16)7-11/h2-4,7,10,12H,5-6,8-9H2,1H3/t12-/m0/s1. The highest BCUT2D eigenvalue weighted by atomic mass is 35.5. The minimum atomic E-state index is 0.150. The molecule has 0 spiro atoms. The molecule has 2 aromatic rings. The Hall–Kier alpha value is -1.53. The number of hydrogen-bond donors (Lipinski definition) is 0. The average Bonchev–Trinajstić information content (AvgIpc) is 3.14. The maximum absolute atomic E-state index is 12.3. The van der Waals surface area contributed by atoms with Gasteiger partial charge in [-0.2, -0.15) is 0 Å². The van der Waals surface area contributed by atoms with Crippen LogP contribution in [0.2, 0.25) is 5.02 Å². The molecule has 0 unspecified atom stereocenters. The maximum atomic E-state index is 12.3. The lowest BCUT2D eigenvalue weighted by molar-refractivity contribution is -0.127. The summed E-state index contributed by atoms with van der Waals surface area (Å²) in [4.78, 5) is 14.2. The van der Waals surface area contributed by atoms with Crippen LogP contribution in [-0.2, 0) is 11.8 Å². The number of hydrogen-bond acceptors (Lipinski definition) is 4. The van der Waals surface area contributed by atoms with Crippen LogP contribution in [0.1, 0.15) is 17.9 Å². The molecular weight excluding hydrogens is 320 g/mol. The first-order valence-electron chi connectivity index (χ1n) is 7.13. The second kappa shape index (κ2) is 6.71. The fourth-order valence-corrected chi connectivity index (χ4v) is 3.63. The normalized spacial score (nSPS) is 17.9. The third-order valence-electron chi connectivity index (χ3n) is 3.86. The number of amides is 1. The largest absolute Gasteiger partial charge is 0.341 e. The van der Waals surface area contributed by atoms with Gasteiger partial charge in [0.1, 0.15) is 6.33 Å². The topological polar surface area (TPSA) is 51.0 Å². The molecule has 3 rings (SSSR count). The second-order valence-corrected chi connectivity index (χ2v) is 6.77. The molecule has 116 valence electrons. The average molecular weight is 337 g/mol. The number of likely N-dealkylation sites (tertiary alicyclic amines) is 1. The van der Waals surface area contributed by atoms with Gasteiger partial charge in [0.05, 0.1) is 5.75 Å². The monoisotopic (exact) mass is 336 g/mol. The number of carbonyl (C=O) groups is 1. The Labute approximate surface area is 138 Å². The molecule has 1 aromatic carbocycles. The minimum absolute atomic E-state index is 0.150. The Morgan fingerprint density at radius 1 is 1.50 bits per heavy atom. The van der Waals surface area contributed by atoms with Crippen LogP contribution in [0, 0.1) is 0 Å². The van der Waals surface area contributed by atoms with Gasteiger partial charge >= 0.3 is 0 Å². The summed E-state index contributed by atoms with van der Waals surface area (Å²) in [5.41, 5.74) is 1.21. The number of benzene rings is 1. The van der Waals surface area contributed by atoms with Crippen molar-refractivity contribution in [2.45, 2.75) is 17.5 Å².